The number of hydrogen-bond donors (Lipinski definition) is 0. The van der Waals surface area contributed by atoms with E-state index in [1.54, 1.807) is 0 Å². The van der Waals surface area contributed by atoms with Crippen molar-refractivity contribution >= 4 is 0 Å². The van der Waals surface area contributed by atoms with Gasteiger partial charge in [0.2, 0.25) is 6.33 Å². The molecular weight excluding hydrogens is 184 g/mol. The number of aromatic nitrogens is 2. The number of nitrogens with zero attached hydrogens (tertiary/aromatic N) is 2. The first-order valence-electron chi connectivity index (χ1n) is 5.36. The Hall–Kier alpha value is -1.57. The van der Waals surface area contributed by atoms with Crippen molar-refractivity contribution < 1.29 is 4.57 Å². The molecule has 0 amide bonds. The second-order valence-corrected chi connectivity index (χ2v) is 4.11. The van der Waals surface area contributed by atoms with E-state index in [0.717, 1.165) is 6.54 Å². The quantitative estimate of drug-likeness (QED) is 0.674. The zero-order chi connectivity index (χ0) is 10.7. The summed E-state index contributed by atoms with van der Waals surface area (Å²) < 4.78 is 4.41. The third kappa shape index (κ3) is 2.46. The Balaban J connectivity index is 2.12. The van der Waals surface area contributed by atoms with Crippen molar-refractivity contribution in [3.05, 3.63) is 54.6 Å². The van der Waals surface area contributed by atoms with E-state index >= 15 is 0 Å². The fourth-order valence-electron chi connectivity index (χ4n) is 1.60. The molecule has 2 heteroatoms. The monoisotopic (exact) mass is 201 g/mol. The van der Waals surface area contributed by atoms with Gasteiger partial charge in [0, 0.05) is 0 Å². The maximum Gasteiger partial charge on any atom is 0.244 e. The maximum atomic E-state index is 2.21. The van der Waals surface area contributed by atoms with E-state index in [-0.39, 0.29) is 0 Å². The molecule has 0 aliphatic rings. The number of imidazole rings is 1. The molecule has 1 aromatic carbocycles. The molecule has 0 saturated carbocycles. The van der Waals surface area contributed by atoms with Crippen molar-refractivity contribution in [2.45, 2.75) is 26.4 Å². The summed E-state index contributed by atoms with van der Waals surface area (Å²) in [6.07, 6.45) is 6.39. The molecule has 0 bridgehead atoms. The molecule has 0 N–H and O–H groups in total. The van der Waals surface area contributed by atoms with Crippen LogP contribution in [-0.2, 0) is 6.54 Å². The summed E-state index contributed by atoms with van der Waals surface area (Å²) >= 11 is 0. The Morgan fingerprint density at radius 1 is 1.20 bits per heavy atom. The van der Waals surface area contributed by atoms with Crippen molar-refractivity contribution in [3.63, 3.8) is 0 Å². The Morgan fingerprint density at radius 2 is 1.93 bits per heavy atom. The van der Waals surface area contributed by atoms with Crippen LogP contribution in [0.2, 0.25) is 0 Å². The largest absolute Gasteiger partial charge is 0.244 e. The normalized spacial score (nSPS) is 10.9. The average Bonchev–Trinajstić information content (AvgIpc) is 2.68. The van der Waals surface area contributed by atoms with E-state index in [9.17, 15) is 0 Å². The molecule has 2 rings (SSSR count). The summed E-state index contributed by atoms with van der Waals surface area (Å²) in [7, 11) is 0. The highest BCUT2D eigenvalue weighted by atomic mass is 15.1. The molecule has 1 aromatic heterocycles. The standard InChI is InChI=1S/C13H17N2/c1-12(2)15-9-8-14(11-15)10-13-6-4-3-5-7-13/h3-9,11-12H,10H2,1-2H3/q+1. The molecule has 78 valence electrons. The maximum absolute atomic E-state index is 2.21. The van der Waals surface area contributed by atoms with Gasteiger partial charge in [0.05, 0.1) is 6.04 Å². The van der Waals surface area contributed by atoms with Crippen molar-refractivity contribution in [3.8, 4) is 0 Å². The summed E-state index contributed by atoms with van der Waals surface area (Å²) in [5.74, 6) is 0. The molecule has 0 radical (unpaired) electrons. The summed E-state index contributed by atoms with van der Waals surface area (Å²) in [5, 5.41) is 0. The van der Waals surface area contributed by atoms with Crippen molar-refractivity contribution in [1.82, 2.24) is 4.57 Å². The van der Waals surface area contributed by atoms with Crippen LogP contribution < -0.4 is 4.57 Å². The smallest absolute Gasteiger partial charge is 0.235 e. The number of rotatable bonds is 3. The molecule has 2 aromatic rings. The third-order valence-electron chi connectivity index (χ3n) is 2.52. The zero-order valence-corrected chi connectivity index (χ0v) is 9.30. The van der Waals surface area contributed by atoms with E-state index < -0.39 is 0 Å². The van der Waals surface area contributed by atoms with Gasteiger partial charge in [-0.3, -0.25) is 0 Å². The molecule has 1 heterocycles. The molecule has 0 saturated heterocycles. The fourth-order valence-corrected chi connectivity index (χ4v) is 1.60. The first kappa shape index (κ1) is 9.97. The van der Waals surface area contributed by atoms with Gasteiger partial charge in [-0.15, -0.1) is 0 Å². The van der Waals surface area contributed by atoms with Crippen LogP contribution in [0.15, 0.2) is 49.1 Å². The summed E-state index contributed by atoms with van der Waals surface area (Å²) in [6, 6.07) is 11.0. The van der Waals surface area contributed by atoms with Gasteiger partial charge in [0.1, 0.15) is 18.9 Å². The second kappa shape index (κ2) is 4.30. The minimum Gasteiger partial charge on any atom is -0.235 e. The van der Waals surface area contributed by atoms with Crippen LogP contribution in [0, 0.1) is 0 Å². The average molecular weight is 201 g/mol. The summed E-state index contributed by atoms with van der Waals surface area (Å²) in [6.45, 7) is 5.32. The molecule has 2 nitrogen and oxygen atoms in total. The van der Waals surface area contributed by atoms with Gasteiger partial charge in [-0.2, -0.15) is 0 Å². The van der Waals surface area contributed by atoms with E-state index in [0.29, 0.717) is 6.04 Å². The lowest BCUT2D eigenvalue weighted by atomic mass is 10.2. The van der Waals surface area contributed by atoms with Crippen molar-refractivity contribution in [2.24, 2.45) is 0 Å². The Morgan fingerprint density at radius 3 is 2.53 bits per heavy atom. The van der Waals surface area contributed by atoms with Gasteiger partial charge in [-0.25, -0.2) is 9.13 Å². The molecular formula is C13H17N2+. The van der Waals surface area contributed by atoms with E-state index in [1.165, 1.54) is 5.56 Å². The van der Waals surface area contributed by atoms with Crippen LogP contribution in [-0.4, -0.2) is 4.57 Å². The number of benzene rings is 1. The lowest BCUT2D eigenvalue weighted by molar-refractivity contribution is -0.687. The van der Waals surface area contributed by atoms with E-state index in [4.69, 9.17) is 0 Å². The molecule has 0 aliphatic carbocycles. The first-order valence-corrected chi connectivity index (χ1v) is 5.36. The van der Waals surface area contributed by atoms with Crippen LogP contribution in [0.4, 0.5) is 0 Å². The van der Waals surface area contributed by atoms with Gasteiger partial charge >= 0.3 is 0 Å². The lowest BCUT2D eigenvalue weighted by Crippen LogP contribution is -2.31. The molecule has 0 aliphatic heterocycles. The van der Waals surface area contributed by atoms with Crippen molar-refractivity contribution in [2.75, 3.05) is 0 Å². The molecule has 15 heavy (non-hydrogen) atoms. The zero-order valence-electron chi connectivity index (χ0n) is 9.30. The second-order valence-electron chi connectivity index (χ2n) is 4.11. The van der Waals surface area contributed by atoms with Crippen molar-refractivity contribution in [1.29, 1.82) is 0 Å². The minimum absolute atomic E-state index is 0.530. The minimum atomic E-state index is 0.530. The summed E-state index contributed by atoms with van der Waals surface area (Å²) in [4.78, 5) is 0. The highest BCUT2D eigenvalue weighted by Crippen LogP contribution is 2.02. The van der Waals surface area contributed by atoms with Gasteiger partial charge in [-0.05, 0) is 19.4 Å². The van der Waals surface area contributed by atoms with Gasteiger partial charge in [0.15, 0.2) is 0 Å². The lowest BCUT2D eigenvalue weighted by Gasteiger charge is -1.98. The van der Waals surface area contributed by atoms with Gasteiger partial charge < -0.3 is 0 Å². The first-order chi connectivity index (χ1) is 7.25. The topological polar surface area (TPSA) is 8.81 Å². The molecule has 0 fully saturated rings. The molecule has 0 atom stereocenters. The van der Waals surface area contributed by atoms with Crippen LogP contribution >= 0.6 is 0 Å². The van der Waals surface area contributed by atoms with E-state index in [1.807, 2.05) is 6.07 Å². The SMILES string of the molecule is CC(C)n1cc[n+](Cc2ccccc2)c1. The third-order valence-corrected chi connectivity index (χ3v) is 2.52. The van der Waals surface area contributed by atoms with Crippen LogP contribution in [0.1, 0.15) is 25.5 Å². The Kier molecular flexibility index (Phi) is 2.86. The molecule has 0 spiro atoms. The predicted molar refractivity (Wildman–Crippen MR) is 60.6 cm³/mol. The highest BCUT2D eigenvalue weighted by Gasteiger charge is 2.06. The van der Waals surface area contributed by atoms with Gasteiger partial charge in [0.25, 0.3) is 0 Å². The highest BCUT2D eigenvalue weighted by molar-refractivity contribution is 5.13. The van der Waals surface area contributed by atoms with Gasteiger partial charge in [-0.1, -0.05) is 30.3 Å². The van der Waals surface area contributed by atoms with Crippen LogP contribution in [0.5, 0.6) is 0 Å². The molecule has 0 unspecified atom stereocenters. The fraction of sp³-hybridized carbons (Fsp3) is 0.308. The van der Waals surface area contributed by atoms with E-state index in [2.05, 4.69) is 66.0 Å². The summed E-state index contributed by atoms with van der Waals surface area (Å²) in [5.41, 5.74) is 1.34. The number of hydrogen-bond acceptors (Lipinski definition) is 0. The van der Waals surface area contributed by atoms with Crippen LogP contribution in [0.3, 0.4) is 0 Å². The predicted octanol–water partition coefficient (Wildman–Crippen LogP) is 2.40. The Bertz CT molecular complexity index is 415. The van der Waals surface area contributed by atoms with Crippen LogP contribution in [0.25, 0.3) is 0 Å². The Labute approximate surface area is 90.8 Å².